The lowest BCUT2D eigenvalue weighted by molar-refractivity contribution is -0.110. The number of benzene rings is 1. The average molecular weight is 378 g/mol. The fourth-order valence-electron chi connectivity index (χ4n) is 2.45. The Morgan fingerprint density at radius 3 is 2.15 bits per heavy atom. The van der Waals surface area contributed by atoms with E-state index < -0.39 is 0 Å². The Bertz CT molecular complexity index is 616. The highest BCUT2D eigenvalue weighted by molar-refractivity contribution is 5.89. The Kier molecular flexibility index (Phi) is 8.78. The van der Waals surface area contributed by atoms with Crippen LogP contribution in [-0.4, -0.2) is 49.2 Å². The summed E-state index contributed by atoms with van der Waals surface area (Å²) in [6.45, 7) is 9.24. The molecule has 27 heavy (non-hydrogen) atoms. The molecule has 0 aromatic heterocycles. The third-order valence-corrected chi connectivity index (χ3v) is 3.91. The molecule has 1 aliphatic heterocycles. The van der Waals surface area contributed by atoms with E-state index in [9.17, 15) is 14.4 Å². The molecule has 1 heterocycles. The number of esters is 1. The van der Waals surface area contributed by atoms with Gasteiger partial charge in [0.15, 0.2) is 0 Å². The number of carbonyl (C=O) groups is 3. The van der Waals surface area contributed by atoms with Crippen molar-refractivity contribution in [3.63, 3.8) is 0 Å². The van der Waals surface area contributed by atoms with Gasteiger partial charge in [-0.2, -0.15) is 0 Å². The summed E-state index contributed by atoms with van der Waals surface area (Å²) in [5, 5.41) is 2.63. The second kappa shape index (κ2) is 10.5. The molecule has 0 saturated carbocycles. The van der Waals surface area contributed by atoms with Crippen LogP contribution in [0.5, 0.6) is 0 Å². The Hall–Kier alpha value is -2.57. The lowest BCUT2D eigenvalue weighted by Gasteiger charge is -2.23. The van der Waals surface area contributed by atoms with E-state index in [1.807, 2.05) is 27.7 Å². The molecule has 7 heteroatoms. The first-order valence-electron chi connectivity index (χ1n) is 9.04. The molecule has 1 atom stereocenters. The normalized spacial score (nSPS) is 14.5. The summed E-state index contributed by atoms with van der Waals surface area (Å²) in [5.41, 5.74) is 1.08. The number of rotatable bonds is 4. The Balaban J connectivity index is 0.000000277. The maximum atomic E-state index is 11.4. The Morgan fingerprint density at radius 2 is 1.70 bits per heavy atom. The van der Waals surface area contributed by atoms with Gasteiger partial charge >= 0.3 is 12.1 Å². The van der Waals surface area contributed by atoms with E-state index in [-0.39, 0.29) is 23.7 Å². The predicted octanol–water partition coefficient (Wildman–Crippen LogP) is 3.30. The van der Waals surface area contributed by atoms with Crippen molar-refractivity contribution >= 4 is 18.5 Å². The smallest absolute Gasteiger partial charge is 0.410 e. The summed E-state index contributed by atoms with van der Waals surface area (Å²) >= 11 is 0. The second-order valence-electron chi connectivity index (χ2n) is 7.29. The molecule has 1 fully saturated rings. The van der Waals surface area contributed by atoms with Gasteiger partial charge in [0.05, 0.1) is 18.7 Å². The fraction of sp³-hybridized carbons (Fsp3) is 0.550. The molecule has 1 saturated heterocycles. The van der Waals surface area contributed by atoms with Crippen molar-refractivity contribution in [3.8, 4) is 0 Å². The van der Waals surface area contributed by atoms with Gasteiger partial charge in [0.2, 0.25) is 6.41 Å². The van der Waals surface area contributed by atoms with Crippen molar-refractivity contribution in [2.24, 2.45) is 0 Å². The van der Waals surface area contributed by atoms with Gasteiger partial charge in [0.25, 0.3) is 0 Å². The van der Waals surface area contributed by atoms with Crippen molar-refractivity contribution in [1.82, 2.24) is 10.2 Å². The summed E-state index contributed by atoms with van der Waals surface area (Å²) in [7, 11) is 1.34. The zero-order chi connectivity index (χ0) is 20.4. The van der Waals surface area contributed by atoms with E-state index in [0.717, 1.165) is 31.5 Å². The van der Waals surface area contributed by atoms with E-state index in [0.29, 0.717) is 12.0 Å². The molecule has 2 amide bonds. The van der Waals surface area contributed by atoms with Crippen LogP contribution in [0.4, 0.5) is 4.79 Å². The molecule has 2 rings (SSSR count). The topological polar surface area (TPSA) is 84.9 Å². The molecule has 0 aliphatic carbocycles. The number of ether oxygens (including phenoxy) is 2. The Morgan fingerprint density at radius 1 is 1.15 bits per heavy atom. The third kappa shape index (κ3) is 8.11. The summed E-state index contributed by atoms with van der Waals surface area (Å²) < 4.78 is 9.78. The summed E-state index contributed by atoms with van der Waals surface area (Å²) in [6, 6.07) is 6.85. The molecule has 1 aromatic carbocycles. The minimum absolute atomic E-state index is 0.0609. The fourth-order valence-corrected chi connectivity index (χ4v) is 2.45. The predicted molar refractivity (Wildman–Crippen MR) is 102 cm³/mol. The highest BCUT2D eigenvalue weighted by Gasteiger charge is 2.23. The van der Waals surface area contributed by atoms with E-state index in [1.54, 1.807) is 29.2 Å². The Labute approximate surface area is 161 Å². The molecule has 0 radical (unpaired) electrons. The molecular weight excluding hydrogens is 348 g/mol. The van der Waals surface area contributed by atoms with Crippen LogP contribution in [0.2, 0.25) is 0 Å². The summed E-state index contributed by atoms with van der Waals surface area (Å²) in [6.07, 6.45) is 2.71. The van der Waals surface area contributed by atoms with E-state index in [4.69, 9.17) is 4.74 Å². The van der Waals surface area contributed by atoms with Gasteiger partial charge in [-0.05, 0) is 58.2 Å². The number of nitrogens with zero attached hydrogens (tertiary/aromatic N) is 1. The molecule has 1 aliphatic rings. The SMILES string of the molecule is CC(C)(C)OC(=O)N1CCCC1.COC(=O)c1ccc(C(C)NC=O)cc1. The maximum absolute atomic E-state index is 11.4. The van der Waals surface area contributed by atoms with Gasteiger partial charge in [-0.3, -0.25) is 4.79 Å². The quantitative estimate of drug-likeness (QED) is 0.642. The zero-order valence-corrected chi connectivity index (χ0v) is 16.8. The number of nitrogens with one attached hydrogen (secondary N) is 1. The van der Waals surface area contributed by atoms with Crippen LogP contribution in [-0.2, 0) is 14.3 Å². The van der Waals surface area contributed by atoms with Crippen LogP contribution in [0.25, 0.3) is 0 Å². The number of likely N-dealkylation sites (tertiary alicyclic amines) is 1. The largest absolute Gasteiger partial charge is 0.465 e. The van der Waals surface area contributed by atoms with Crippen LogP contribution < -0.4 is 5.32 Å². The van der Waals surface area contributed by atoms with Gasteiger partial charge in [0.1, 0.15) is 5.60 Å². The molecule has 1 aromatic rings. The molecule has 7 nitrogen and oxygen atoms in total. The number of amides is 2. The maximum Gasteiger partial charge on any atom is 0.410 e. The molecule has 150 valence electrons. The van der Waals surface area contributed by atoms with Gasteiger partial charge in [0, 0.05) is 13.1 Å². The molecule has 1 N–H and O–H groups in total. The molecule has 0 spiro atoms. The van der Waals surface area contributed by atoms with Crippen molar-refractivity contribution in [2.75, 3.05) is 20.2 Å². The second-order valence-corrected chi connectivity index (χ2v) is 7.29. The van der Waals surface area contributed by atoms with Crippen LogP contribution in [0.3, 0.4) is 0 Å². The van der Waals surface area contributed by atoms with Crippen LogP contribution in [0, 0.1) is 0 Å². The first-order chi connectivity index (χ1) is 12.7. The molecule has 0 bridgehead atoms. The standard InChI is InChI=1S/C11H13NO3.C9H17NO2/c1-8(12-7-13)9-3-5-10(6-4-9)11(14)15-2;1-9(2,3)12-8(11)10-6-4-5-7-10/h3-8H,1-2H3,(H,12,13);4-7H2,1-3H3. The minimum atomic E-state index is -0.363. The third-order valence-electron chi connectivity index (χ3n) is 3.91. The van der Waals surface area contributed by atoms with Crippen molar-refractivity contribution in [1.29, 1.82) is 0 Å². The lowest BCUT2D eigenvalue weighted by atomic mass is 10.1. The zero-order valence-electron chi connectivity index (χ0n) is 16.8. The van der Waals surface area contributed by atoms with Crippen LogP contribution in [0.1, 0.15) is 62.5 Å². The number of hydrogen-bond donors (Lipinski definition) is 1. The van der Waals surface area contributed by atoms with E-state index in [1.165, 1.54) is 7.11 Å². The van der Waals surface area contributed by atoms with Crippen molar-refractivity contribution in [2.45, 2.75) is 52.2 Å². The summed E-state index contributed by atoms with van der Waals surface area (Å²) in [5.74, 6) is -0.363. The highest BCUT2D eigenvalue weighted by atomic mass is 16.6. The number of methoxy groups -OCH3 is 1. The lowest BCUT2D eigenvalue weighted by Crippen LogP contribution is -2.34. The highest BCUT2D eigenvalue weighted by Crippen LogP contribution is 2.14. The summed E-state index contributed by atoms with van der Waals surface area (Å²) in [4.78, 5) is 34.5. The van der Waals surface area contributed by atoms with Crippen LogP contribution >= 0.6 is 0 Å². The first kappa shape index (κ1) is 22.5. The van der Waals surface area contributed by atoms with Gasteiger partial charge in [-0.15, -0.1) is 0 Å². The molecular formula is C20H30N2O5. The minimum Gasteiger partial charge on any atom is -0.465 e. The van der Waals surface area contributed by atoms with E-state index in [2.05, 4.69) is 10.1 Å². The van der Waals surface area contributed by atoms with Crippen molar-refractivity contribution < 1.29 is 23.9 Å². The van der Waals surface area contributed by atoms with Gasteiger partial charge in [-0.25, -0.2) is 9.59 Å². The van der Waals surface area contributed by atoms with E-state index >= 15 is 0 Å². The number of hydrogen-bond acceptors (Lipinski definition) is 5. The monoisotopic (exact) mass is 378 g/mol. The van der Waals surface area contributed by atoms with Gasteiger partial charge in [-0.1, -0.05) is 12.1 Å². The first-order valence-corrected chi connectivity index (χ1v) is 9.04. The van der Waals surface area contributed by atoms with Crippen molar-refractivity contribution in [3.05, 3.63) is 35.4 Å². The average Bonchev–Trinajstić information content (AvgIpc) is 3.15. The number of carbonyl (C=O) groups excluding carboxylic acids is 3. The van der Waals surface area contributed by atoms with Crippen LogP contribution in [0.15, 0.2) is 24.3 Å². The molecule has 1 unspecified atom stereocenters. The van der Waals surface area contributed by atoms with Gasteiger partial charge < -0.3 is 19.7 Å².